The summed E-state index contributed by atoms with van der Waals surface area (Å²) >= 11 is 8.76. The maximum absolute atomic E-state index is 13.6. The van der Waals surface area contributed by atoms with Gasteiger partial charge in [-0.25, -0.2) is 12.8 Å². The van der Waals surface area contributed by atoms with Crippen LogP contribution in [0, 0.1) is 5.82 Å². The highest BCUT2D eigenvalue weighted by Crippen LogP contribution is 2.18. The van der Waals surface area contributed by atoms with E-state index in [4.69, 9.17) is 11.6 Å². The third-order valence-corrected chi connectivity index (χ3v) is 4.64. The summed E-state index contributed by atoms with van der Waals surface area (Å²) < 4.78 is 39.7. The van der Waals surface area contributed by atoms with Crippen LogP contribution < -0.4 is 10.3 Å². The van der Waals surface area contributed by atoms with E-state index in [-0.39, 0.29) is 10.7 Å². The van der Waals surface area contributed by atoms with Crippen LogP contribution in [0.3, 0.4) is 0 Å². The Morgan fingerprint density at radius 3 is 2.59 bits per heavy atom. The molecule has 0 saturated carbocycles. The summed E-state index contributed by atoms with van der Waals surface area (Å²) in [5.41, 5.74) is 2.23. The first-order valence-corrected chi connectivity index (χ1v) is 8.45. The molecule has 0 radical (unpaired) electrons. The van der Waals surface area contributed by atoms with E-state index in [9.17, 15) is 17.6 Å². The summed E-state index contributed by atoms with van der Waals surface area (Å²) in [6.45, 7) is 0. The molecule has 0 aliphatic heterocycles. The second kappa shape index (κ2) is 6.37. The fraction of sp³-hybridized carbons (Fsp3) is 0.0833. The van der Waals surface area contributed by atoms with E-state index >= 15 is 0 Å². The predicted octanol–water partition coefficient (Wildman–Crippen LogP) is 2.20. The van der Waals surface area contributed by atoms with Gasteiger partial charge >= 0.3 is 0 Å². The number of hydrogen-bond donors (Lipinski definition) is 2. The van der Waals surface area contributed by atoms with Gasteiger partial charge in [0.2, 0.25) is 0 Å². The van der Waals surface area contributed by atoms with Crippen molar-refractivity contribution in [2.24, 2.45) is 7.05 Å². The molecule has 1 aromatic carbocycles. The van der Waals surface area contributed by atoms with Gasteiger partial charge in [0, 0.05) is 22.7 Å². The number of hydrogen-bond acceptors (Lipinski definition) is 3. The molecule has 1 aromatic heterocycles. The number of sulfonamides is 1. The molecule has 22 heavy (non-hydrogen) atoms. The second-order valence-corrected chi connectivity index (χ2v) is 7.29. The first-order chi connectivity index (χ1) is 10.2. The zero-order chi connectivity index (χ0) is 16.5. The van der Waals surface area contributed by atoms with Gasteiger partial charge < -0.3 is 4.57 Å². The van der Waals surface area contributed by atoms with Crippen LogP contribution in [0.15, 0.2) is 39.8 Å². The number of hydrazine groups is 1. The molecule has 0 atom stereocenters. The maximum Gasteiger partial charge on any atom is 0.282 e. The van der Waals surface area contributed by atoms with Crippen molar-refractivity contribution in [1.29, 1.82) is 0 Å². The van der Waals surface area contributed by atoms with Gasteiger partial charge in [-0.15, -0.1) is 4.83 Å². The molecule has 0 spiro atoms. The lowest BCUT2D eigenvalue weighted by Crippen LogP contribution is -2.42. The van der Waals surface area contributed by atoms with Crippen LogP contribution in [0.1, 0.15) is 10.5 Å². The summed E-state index contributed by atoms with van der Waals surface area (Å²) in [6, 6.07) is 4.61. The van der Waals surface area contributed by atoms with E-state index in [2.05, 4.69) is 15.9 Å². The molecule has 2 rings (SSSR count). The van der Waals surface area contributed by atoms with Crippen molar-refractivity contribution in [2.75, 3.05) is 0 Å². The standard InChI is InChI=1S/C12H10BrClFN3O3S/c1-18-6-7(13)4-10(18)12(19)16-17-22(20,21)11-3-2-8(14)5-9(11)15/h2-6,17H,1H3,(H,16,19). The number of nitrogens with zero attached hydrogens (tertiary/aromatic N) is 1. The van der Waals surface area contributed by atoms with Gasteiger partial charge in [-0.1, -0.05) is 11.6 Å². The molecular weight excluding hydrogens is 401 g/mol. The normalized spacial score (nSPS) is 11.5. The molecule has 1 amide bonds. The summed E-state index contributed by atoms with van der Waals surface area (Å²) in [5.74, 6) is -1.71. The van der Waals surface area contributed by atoms with Gasteiger partial charge in [0.15, 0.2) is 0 Å². The van der Waals surface area contributed by atoms with Crippen molar-refractivity contribution < 1.29 is 17.6 Å². The number of halogens is 3. The van der Waals surface area contributed by atoms with Crippen LogP contribution in [-0.4, -0.2) is 18.9 Å². The highest BCUT2D eigenvalue weighted by atomic mass is 79.9. The Balaban J connectivity index is 2.16. The molecule has 0 bridgehead atoms. The molecule has 2 aromatic rings. The van der Waals surface area contributed by atoms with Crippen LogP contribution in [-0.2, 0) is 17.1 Å². The molecule has 0 fully saturated rings. The number of benzene rings is 1. The molecule has 2 N–H and O–H groups in total. The molecule has 0 unspecified atom stereocenters. The fourth-order valence-corrected chi connectivity index (χ4v) is 3.26. The lowest BCUT2D eigenvalue weighted by atomic mass is 10.3. The van der Waals surface area contributed by atoms with Crippen molar-refractivity contribution >= 4 is 43.5 Å². The zero-order valence-electron chi connectivity index (χ0n) is 11.1. The fourth-order valence-electron chi connectivity index (χ4n) is 1.68. The smallest absolute Gasteiger partial charge is 0.282 e. The number of aryl methyl sites for hydroxylation is 1. The molecule has 6 nitrogen and oxygen atoms in total. The number of carbonyl (C=O) groups excluding carboxylic acids is 1. The number of nitrogens with one attached hydrogen (secondary N) is 2. The molecular formula is C12H10BrClFN3O3S. The molecule has 0 aliphatic rings. The van der Waals surface area contributed by atoms with Crippen LogP contribution >= 0.6 is 27.5 Å². The van der Waals surface area contributed by atoms with E-state index in [0.717, 1.165) is 12.1 Å². The Morgan fingerprint density at radius 2 is 2.05 bits per heavy atom. The minimum Gasteiger partial charge on any atom is -0.345 e. The van der Waals surface area contributed by atoms with Gasteiger partial charge in [0.1, 0.15) is 16.4 Å². The SMILES string of the molecule is Cn1cc(Br)cc1C(=O)NNS(=O)(=O)c1ccc(Cl)cc1F. The number of aromatic nitrogens is 1. The third kappa shape index (κ3) is 3.67. The zero-order valence-corrected chi connectivity index (χ0v) is 14.3. The van der Waals surface area contributed by atoms with E-state index in [0.29, 0.717) is 4.47 Å². The average Bonchev–Trinajstić information content (AvgIpc) is 2.74. The van der Waals surface area contributed by atoms with E-state index in [1.165, 1.54) is 16.7 Å². The summed E-state index contributed by atoms with van der Waals surface area (Å²) in [7, 11) is -2.64. The van der Waals surface area contributed by atoms with E-state index in [1.807, 2.05) is 10.3 Å². The topological polar surface area (TPSA) is 80.2 Å². The van der Waals surface area contributed by atoms with Gasteiger partial charge in [0.05, 0.1) is 0 Å². The quantitative estimate of drug-likeness (QED) is 0.758. The maximum atomic E-state index is 13.6. The van der Waals surface area contributed by atoms with Crippen molar-refractivity contribution in [3.8, 4) is 0 Å². The molecule has 10 heteroatoms. The monoisotopic (exact) mass is 409 g/mol. The Morgan fingerprint density at radius 1 is 1.36 bits per heavy atom. The van der Waals surface area contributed by atoms with Gasteiger partial charge in [-0.05, 0) is 40.2 Å². The molecule has 118 valence electrons. The van der Waals surface area contributed by atoms with E-state index < -0.39 is 26.6 Å². The number of amides is 1. The van der Waals surface area contributed by atoms with Crippen LogP contribution in [0.4, 0.5) is 4.39 Å². The van der Waals surface area contributed by atoms with Crippen LogP contribution in [0.25, 0.3) is 0 Å². The van der Waals surface area contributed by atoms with Crippen molar-refractivity contribution in [1.82, 2.24) is 14.8 Å². The number of rotatable bonds is 4. The summed E-state index contributed by atoms with van der Waals surface area (Å²) in [5, 5.41) is 0.0640. The van der Waals surface area contributed by atoms with Crippen molar-refractivity contribution in [3.05, 3.63) is 51.5 Å². The Labute approximate surface area is 139 Å². The highest BCUT2D eigenvalue weighted by molar-refractivity contribution is 9.10. The first-order valence-electron chi connectivity index (χ1n) is 5.80. The van der Waals surface area contributed by atoms with Crippen LogP contribution in [0.2, 0.25) is 5.02 Å². The molecule has 0 saturated heterocycles. The highest BCUT2D eigenvalue weighted by Gasteiger charge is 2.21. The van der Waals surface area contributed by atoms with Gasteiger partial charge in [0.25, 0.3) is 15.9 Å². The lowest BCUT2D eigenvalue weighted by molar-refractivity contribution is 0.0937. The van der Waals surface area contributed by atoms with Gasteiger partial charge in [-0.2, -0.15) is 0 Å². The lowest BCUT2D eigenvalue weighted by Gasteiger charge is -2.09. The first kappa shape index (κ1) is 16.9. The predicted molar refractivity (Wildman–Crippen MR) is 82.3 cm³/mol. The van der Waals surface area contributed by atoms with Crippen molar-refractivity contribution in [2.45, 2.75) is 4.90 Å². The minimum atomic E-state index is -4.25. The third-order valence-electron chi connectivity index (χ3n) is 2.69. The van der Waals surface area contributed by atoms with Crippen LogP contribution in [0.5, 0.6) is 0 Å². The summed E-state index contributed by atoms with van der Waals surface area (Å²) in [6.07, 6.45) is 1.63. The number of carbonyl (C=O) groups is 1. The minimum absolute atomic E-state index is 0.0640. The van der Waals surface area contributed by atoms with E-state index in [1.54, 1.807) is 13.2 Å². The Hall–Kier alpha value is -1.42. The largest absolute Gasteiger partial charge is 0.345 e. The molecule has 1 heterocycles. The Bertz CT molecular complexity index is 838. The molecule has 0 aliphatic carbocycles. The van der Waals surface area contributed by atoms with Crippen molar-refractivity contribution in [3.63, 3.8) is 0 Å². The average molecular weight is 411 g/mol. The van der Waals surface area contributed by atoms with Gasteiger partial charge in [-0.3, -0.25) is 10.2 Å². The second-order valence-electron chi connectivity index (χ2n) is 4.29. The summed E-state index contributed by atoms with van der Waals surface area (Å²) in [4.78, 5) is 13.1. The Kier molecular flexibility index (Phi) is 4.90.